The van der Waals surface area contributed by atoms with E-state index in [1.807, 2.05) is 11.6 Å². The zero-order valence-electron chi connectivity index (χ0n) is 11.2. The maximum atomic E-state index is 12.3. The van der Waals surface area contributed by atoms with Gasteiger partial charge in [-0.1, -0.05) is 0 Å². The van der Waals surface area contributed by atoms with Crippen molar-refractivity contribution in [3.05, 3.63) is 24.2 Å². The number of rotatable bonds is 2. The van der Waals surface area contributed by atoms with Crippen LogP contribution in [0.1, 0.15) is 29.6 Å². The smallest absolute Gasteiger partial charge is 0.253 e. The van der Waals surface area contributed by atoms with Crippen molar-refractivity contribution in [2.45, 2.75) is 37.5 Å². The second-order valence-electron chi connectivity index (χ2n) is 5.61. The second-order valence-corrected chi connectivity index (χ2v) is 5.61. The quantitative estimate of drug-likeness (QED) is 0.886. The molecule has 0 unspecified atom stereocenters. The van der Waals surface area contributed by atoms with Gasteiger partial charge in [0.2, 0.25) is 0 Å². The molecule has 0 radical (unpaired) electrons. The molecule has 6 nitrogen and oxygen atoms in total. The number of amides is 1. The number of nitrogens with zero attached hydrogens (tertiary/aromatic N) is 3. The van der Waals surface area contributed by atoms with Gasteiger partial charge in [0.1, 0.15) is 5.52 Å². The third-order valence-corrected chi connectivity index (χ3v) is 4.24. The summed E-state index contributed by atoms with van der Waals surface area (Å²) in [5.74, 6) is -0.0915. The molecule has 1 amide bonds. The molecule has 0 aromatic carbocycles. The summed E-state index contributed by atoms with van der Waals surface area (Å²) < 4.78 is 7.58. The van der Waals surface area contributed by atoms with Gasteiger partial charge in [-0.3, -0.25) is 4.79 Å². The van der Waals surface area contributed by atoms with Gasteiger partial charge in [0.25, 0.3) is 5.91 Å². The minimum Gasteiger partial charge on any atom is -0.373 e. The lowest BCUT2D eigenvalue weighted by molar-refractivity contribution is 0.0841. The van der Waals surface area contributed by atoms with Crippen LogP contribution < -0.4 is 5.32 Å². The largest absolute Gasteiger partial charge is 0.373 e. The van der Waals surface area contributed by atoms with E-state index in [1.165, 1.54) is 0 Å². The predicted octanol–water partition coefficient (Wildman–Crippen LogP) is 1.02. The highest BCUT2D eigenvalue weighted by molar-refractivity contribution is 5.96. The van der Waals surface area contributed by atoms with E-state index in [9.17, 15) is 4.79 Å². The van der Waals surface area contributed by atoms with Crippen LogP contribution in [0.3, 0.4) is 0 Å². The number of carbonyl (C=O) groups is 1. The molecule has 2 aliphatic heterocycles. The molecule has 2 aromatic heterocycles. The third kappa shape index (κ3) is 1.79. The molecule has 3 atom stereocenters. The molecule has 1 N–H and O–H groups in total. The molecule has 2 fully saturated rings. The highest BCUT2D eigenvalue weighted by Gasteiger charge is 2.41. The van der Waals surface area contributed by atoms with Crippen molar-refractivity contribution in [2.75, 3.05) is 0 Å². The number of carbonyl (C=O) groups excluding carboxylic acids is 1. The Balaban J connectivity index is 1.54. The maximum absolute atomic E-state index is 12.3. The highest BCUT2D eigenvalue weighted by atomic mass is 16.5. The Hall–Kier alpha value is -1.95. The molecular weight excluding hydrogens is 256 g/mol. The van der Waals surface area contributed by atoms with Crippen LogP contribution in [0.25, 0.3) is 11.2 Å². The van der Waals surface area contributed by atoms with Crippen LogP contribution in [0.4, 0.5) is 0 Å². The number of fused-ring (bicyclic) bond motifs is 3. The Kier molecular flexibility index (Phi) is 2.53. The first-order valence-electron chi connectivity index (χ1n) is 6.94. The van der Waals surface area contributed by atoms with Crippen molar-refractivity contribution >= 4 is 17.1 Å². The molecule has 2 bridgehead atoms. The molecule has 6 heteroatoms. The summed E-state index contributed by atoms with van der Waals surface area (Å²) in [7, 11) is 1.88. The van der Waals surface area contributed by atoms with Crippen molar-refractivity contribution in [1.29, 1.82) is 0 Å². The average molecular weight is 272 g/mol. The summed E-state index contributed by atoms with van der Waals surface area (Å²) in [4.78, 5) is 20.8. The lowest BCUT2D eigenvalue weighted by Crippen LogP contribution is -2.41. The summed E-state index contributed by atoms with van der Waals surface area (Å²) in [5, 5.41) is 3.06. The topological polar surface area (TPSA) is 69.0 Å². The SMILES string of the molecule is Cn1cnc2cc(C(=O)N[C@@H]3C[C@@H]4CC[C@H]3O4)cnc21. The minimum atomic E-state index is -0.0915. The maximum Gasteiger partial charge on any atom is 0.253 e. The average Bonchev–Trinajstić information content (AvgIpc) is 3.14. The second kappa shape index (κ2) is 4.28. The lowest BCUT2D eigenvalue weighted by atomic mass is 9.95. The molecule has 4 heterocycles. The molecule has 0 aliphatic carbocycles. The van der Waals surface area contributed by atoms with Crippen LogP contribution in [0.2, 0.25) is 0 Å². The van der Waals surface area contributed by atoms with Gasteiger partial charge in [-0.05, 0) is 25.3 Å². The predicted molar refractivity (Wildman–Crippen MR) is 72.3 cm³/mol. The zero-order chi connectivity index (χ0) is 13.7. The van der Waals surface area contributed by atoms with E-state index < -0.39 is 0 Å². The molecule has 2 aliphatic rings. The van der Waals surface area contributed by atoms with E-state index in [1.54, 1.807) is 18.6 Å². The molecule has 2 aromatic rings. The van der Waals surface area contributed by atoms with E-state index >= 15 is 0 Å². The van der Waals surface area contributed by atoms with Gasteiger partial charge in [0, 0.05) is 13.2 Å². The molecule has 20 heavy (non-hydrogen) atoms. The van der Waals surface area contributed by atoms with Gasteiger partial charge < -0.3 is 14.6 Å². The van der Waals surface area contributed by atoms with Gasteiger partial charge in [-0.2, -0.15) is 0 Å². The fourth-order valence-electron chi connectivity index (χ4n) is 3.18. The number of hydrogen-bond acceptors (Lipinski definition) is 4. The number of imidazole rings is 1. The highest BCUT2D eigenvalue weighted by Crippen LogP contribution is 2.34. The summed E-state index contributed by atoms with van der Waals surface area (Å²) in [6, 6.07) is 1.92. The number of nitrogens with one attached hydrogen (secondary N) is 1. The number of aryl methyl sites for hydroxylation is 1. The van der Waals surface area contributed by atoms with E-state index in [2.05, 4.69) is 15.3 Å². The first kappa shape index (κ1) is 11.8. The van der Waals surface area contributed by atoms with Crippen LogP contribution in [0, 0.1) is 0 Å². The molecule has 0 saturated carbocycles. The van der Waals surface area contributed by atoms with E-state index in [-0.39, 0.29) is 18.1 Å². The summed E-state index contributed by atoms with van der Waals surface area (Å²) >= 11 is 0. The lowest BCUT2D eigenvalue weighted by Gasteiger charge is -2.19. The molecular formula is C14H16N4O2. The Bertz CT molecular complexity index is 681. The minimum absolute atomic E-state index is 0.0915. The standard InChI is InChI=1S/C14H16N4O2/c1-18-7-16-11-4-8(6-15-13(11)18)14(19)17-10-5-9-2-3-12(10)20-9/h4,6-7,9-10,12H,2-3,5H2,1H3,(H,17,19)/t9-,10+,12+/m0/s1. The van der Waals surface area contributed by atoms with Crippen molar-refractivity contribution in [3.8, 4) is 0 Å². The molecule has 4 rings (SSSR count). The normalized spacial score (nSPS) is 28.1. The van der Waals surface area contributed by atoms with Crippen molar-refractivity contribution in [1.82, 2.24) is 19.9 Å². The Morgan fingerprint density at radius 2 is 2.35 bits per heavy atom. The van der Waals surface area contributed by atoms with Gasteiger partial charge in [-0.25, -0.2) is 9.97 Å². The first-order chi connectivity index (χ1) is 9.70. The van der Waals surface area contributed by atoms with Crippen LogP contribution in [0.5, 0.6) is 0 Å². The van der Waals surface area contributed by atoms with Crippen molar-refractivity contribution < 1.29 is 9.53 Å². The van der Waals surface area contributed by atoms with E-state index in [4.69, 9.17) is 4.74 Å². The Morgan fingerprint density at radius 3 is 3.10 bits per heavy atom. The monoisotopic (exact) mass is 272 g/mol. The number of hydrogen-bond donors (Lipinski definition) is 1. The fourth-order valence-corrected chi connectivity index (χ4v) is 3.18. The third-order valence-electron chi connectivity index (χ3n) is 4.24. The van der Waals surface area contributed by atoms with Crippen LogP contribution >= 0.6 is 0 Å². The molecule has 104 valence electrons. The van der Waals surface area contributed by atoms with Gasteiger partial charge in [0.15, 0.2) is 5.65 Å². The van der Waals surface area contributed by atoms with Gasteiger partial charge in [0.05, 0.1) is 30.1 Å². The number of ether oxygens (including phenoxy) is 1. The zero-order valence-corrected chi connectivity index (χ0v) is 11.2. The fraction of sp³-hybridized carbons (Fsp3) is 0.500. The molecule has 2 saturated heterocycles. The first-order valence-corrected chi connectivity index (χ1v) is 6.94. The van der Waals surface area contributed by atoms with E-state index in [0.717, 1.165) is 30.4 Å². The summed E-state index contributed by atoms with van der Waals surface area (Å²) in [6.07, 6.45) is 6.93. The van der Waals surface area contributed by atoms with Gasteiger partial charge >= 0.3 is 0 Å². The van der Waals surface area contributed by atoms with Crippen molar-refractivity contribution in [2.24, 2.45) is 7.05 Å². The van der Waals surface area contributed by atoms with Crippen LogP contribution in [-0.4, -0.2) is 38.7 Å². The van der Waals surface area contributed by atoms with E-state index in [0.29, 0.717) is 11.7 Å². The van der Waals surface area contributed by atoms with Crippen LogP contribution in [0.15, 0.2) is 18.6 Å². The van der Waals surface area contributed by atoms with Crippen molar-refractivity contribution in [3.63, 3.8) is 0 Å². The number of pyridine rings is 1. The Morgan fingerprint density at radius 1 is 1.45 bits per heavy atom. The summed E-state index contributed by atoms with van der Waals surface area (Å²) in [5.41, 5.74) is 2.08. The molecule has 0 spiro atoms. The summed E-state index contributed by atoms with van der Waals surface area (Å²) in [6.45, 7) is 0. The van der Waals surface area contributed by atoms with Crippen LogP contribution in [-0.2, 0) is 11.8 Å². The Labute approximate surface area is 116 Å². The van der Waals surface area contributed by atoms with Gasteiger partial charge in [-0.15, -0.1) is 0 Å². The number of aromatic nitrogens is 3.